The Bertz CT molecular complexity index is 743. The summed E-state index contributed by atoms with van der Waals surface area (Å²) >= 11 is 0. The summed E-state index contributed by atoms with van der Waals surface area (Å²) in [6, 6.07) is 0. The van der Waals surface area contributed by atoms with E-state index in [1.807, 2.05) is 26.0 Å². The van der Waals surface area contributed by atoms with Gasteiger partial charge in [-0.2, -0.15) is 0 Å². The van der Waals surface area contributed by atoms with Crippen LogP contribution in [0.5, 0.6) is 0 Å². The smallest absolute Gasteiger partial charge is 0.233 e. The van der Waals surface area contributed by atoms with Gasteiger partial charge in [0, 0.05) is 25.9 Å². The zero-order chi connectivity index (χ0) is 25.3. The Balaban J connectivity index is 0.000000167. The van der Waals surface area contributed by atoms with E-state index in [4.69, 9.17) is 0 Å². The molecule has 4 atom stereocenters. The minimum Gasteiger partial charge on any atom is -0.285 e. The van der Waals surface area contributed by atoms with Gasteiger partial charge in [0.25, 0.3) is 0 Å². The molecule has 35 heavy (non-hydrogen) atoms. The molecule has 4 unspecified atom stereocenters. The number of likely N-dealkylation sites (tertiary alicyclic amines) is 2. The van der Waals surface area contributed by atoms with Gasteiger partial charge in [-0.05, 0) is 18.3 Å². The van der Waals surface area contributed by atoms with Crippen molar-refractivity contribution in [2.75, 3.05) is 14.1 Å². The highest BCUT2D eigenvalue weighted by Crippen LogP contribution is 2.57. The monoisotopic (exact) mass is 484 g/mol. The highest BCUT2D eigenvalue weighted by Gasteiger charge is 2.67. The lowest BCUT2D eigenvalue weighted by Crippen LogP contribution is -2.50. The fraction of sp³-hybridized carbons (Fsp3) is 0.793. The number of imide groups is 2. The van der Waals surface area contributed by atoms with Crippen LogP contribution in [0.4, 0.5) is 0 Å². The Morgan fingerprint density at radius 1 is 0.571 bits per heavy atom. The summed E-state index contributed by atoms with van der Waals surface area (Å²) < 4.78 is 0. The first kappa shape index (κ1) is 26.1. The van der Waals surface area contributed by atoms with Crippen LogP contribution in [0.25, 0.3) is 0 Å². The molecular weight excluding hydrogens is 440 g/mol. The van der Waals surface area contributed by atoms with Crippen molar-refractivity contribution in [1.82, 2.24) is 9.80 Å². The van der Waals surface area contributed by atoms with Crippen LogP contribution in [-0.4, -0.2) is 47.5 Å². The van der Waals surface area contributed by atoms with E-state index in [0.29, 0.717) is 0 Å². The maximum atomic E-state index is 12.3. The summed E-state index contributed by atoms with van der Waals surface area (Å²) in [5.74, 6) is -1.12. The summed E-state index contributed by atoms with van der Waals surface area (Å²) in [7, 11) is 2.96. The largest absolute Gasteiger partial charge is 0.285 e. The fourth-order valence-electron chi connectivity index (χ4n) is 7.84. The van der Waals surface area contributed by atoms with E-state index in [0.717, 1.165) is 21.6 Å². The number of carbonyl (C=O) groups excluding carboxylic acids is 4. The molecule has 2 heterocycles. The van der Waals surface area contributed by atoms with Gasteiger partial charge in [0.2, 0.25) is 23.6 Å². The Kier molecular flexibility index (Phi) is 8.17. The molecule has 4 amide bonds. The lowest BCUT2D eigenvalue weighted by molar-refractivity contribution is -0.138. The highest BCUT2D eigenvalue weighted by atomic mass is 16.2. The van der Waals surface area contributed by atoms with Crippen molar-refractivity contribution in [2.24, 2.45) is 47.3 Å². The quantitative estimate of drug-likeness (QED) is 0.416. The Morgan fingerprint density at radius 3 is 1.14 bits per heavy atom. The first-order valence-corrected chi connectivity index (χ1v) is 14.2. The minimum atomic E-state index is -0.466. The average Bonchev–Trinajstić information content (AvgIpc) is 3.29. The van der Waals surface area contributed by atoms with E-state index in [9.17, 15) is 19.2 Å². The van der Waals surface area contributed by atoms with Gasteiger partial charge in [0.05, 0.1) is 23.7 Å². The SMILES string of the molecule is C1CCC(CC2CCCCC2)CC1.CC.CN1C(=O)C2C3C=CC(C2C1=O)C1C(=O)N(C)C(=O)C31. The summed E-state index contributed by atoms with van der Waals surface area (Å²) in [5.41, 5.74) is 0. The molecule has 0 spiro atoms. The van der Waals surface area contributed by atoms with Crippen molar-refractivity contribution in [3.8, 4) is 0 Å². The molecular formula is C29H44N2O4. The van der Waals surface area contributed by atoms with Crippen molar-refractivity contribution in [2.45, 2.75) is 84.5 Å². The zero-order valence-corrected chi connectivity index (χ0v) is 22.1. The second-order valence-corrected chi connectivity index (χ2v) is 11.4. The number of allylic oxidation sites excluding steroid dienone is 2. The average molecular weight is 485 g/mol. The zero-order valence-electron chi connectivity index (χ0n) is 22.1. The molecule has 2 aliphatic heterocycles. The van der Waals surface area contributed by atoms with Gasteiger partial charge in [-0.25, -0.2) is 0 Å². The van der Waals surface area contributed by atoms with Crippen molar-refractivity contribution in [3.05, 3.63) is 12.2 Å². The van der Waals surface area contributed by atoms with E-state index in [2.05, 4.69) is 0 Å². The molecule has 3 saturated carbocycles. The van der Waals surface area contributed by atoms with Crippen molar-refractivity contribution < 1.29 is 19.2 Å². The predicted octanol–water partition coefficient (Wildman–Crippen LogP) is 4.83. The Morgan fingerprint density at radius 2 is 0.857 bits per heavy atom. The van der Waals surface area contributed by atoms with Gasteiger partial charge in [-0.1, -0.05) is 90.2 Å². The molecule has 0 aromatic carbocycles. The van der Waals surface area contributed by atoms with Crippen LogP contribution >= 0.6 is 0 Å². The molecule has 2 bridgehead atoms. The molecule has 7 rings (SSSR count). The van der Waals surface area contributed by atoms with E-state index < -0.39 is 23.7 Å². The van der Waals surface area contributed by atoms with Gasteiger partial charge in [0.15, 0.2) is 0 Å². The molecule has 6 heteroatoms. The number of hydrogen-bond donors (Lipinski definition) is 0. The number of rotatable bonds is 2. The highest BCUT2D eigenvalue weighted by molar-refractivity contribution is 6.10. The van der Waals surface area contributed by atoms with Crippen molar-refractivity contribution >= 4 is 23.6 Å². The van der Waals surface area contributed by atoms with Gasteiger partial charge < -0.3 is 0 Å². The first-order valence-electron chi connectivity index (χ1n) is 14.2. The van der Waals surface area contributed by atoms with Crippen LogP contribution in [0.2, 0.25) is 0 Å². The Labute approximate surface area is 210 Å². The lowest BCUT2D eigenvalue weighted by Gasteiger charge is -2.44. The third-order valence-corrected chi connectivity index (χ3v) is 9.57. The molecule has 5 fully saturated rings. The van der Waals surface area contributed by atoms with E-state index in [1.165, 1.54) is 52.6 Å². The van der Waals surface area contributed by atoms with Crippen LogP contribution in [-0.2, 0) is 19.2 Å². The maximum Gasteiger partial charge on any atom is 0.233 e. The van der Waals surface area contributed by atoms with E-state index >= 15 is 0 Å². The van der Waals surface area contributed by atoms with Crippen LogP contribution in [0, 0.1) is 47.3 Å². The molecule has 0 N–H and O–H groups in total. The normalized spacial score (nSPS) is 36.5. The lowest BCUT2D eigenvalue weighted by atomic mass is 9.54. The second kappa shape index (κ2) is 11.0. The van der Waals surface area contributed by atoms with Crippen LogP contribution < -0.4 is 0 Å². The number of amides is 4. The molecule has 7 aliphatic rings. The molecule has 5 aliphatic carbocycles. The maximum absolute atomic E-state index is 12.3. The fourth-order valence-corrected chi connectivity index (χ4v) is 7.84. The first-order chi connectivity index (χ1) is 16.9. The Hall–Kier alpha value is -1.98. The standard InChI is InChI=1S/C14H14N2O4.C13H24.C2H6/c1-15-11(17)7-5-3-4-6(8(7)12(15)18)10-9(5)13(19)16(2)14(10)20;1-3-7-12(8-4-1)11-13-9-5-2-6-10-13;1-2/h3-10H,1-2H3;12-13H,1-11H2;1-2H3. The van der Waals surface area contributed by atoms with Crippen LogP contribution in [0.1, 0.15) is 84.5 Å². The summed E-state index contributed by atoms with van der Waals surface area (Å²) in [6.45, 7) is 4.00. The van der Waals surface area contributed by atoms with E-state index in [-0.39, 0.29) is 35.5 Å². The van der Waals surface area contributed by atoms with Crippen LogP contribution in [0.15, 0.2) is 12.2 Å². The van der Waals surface area contributed by atoms with Crippen molar-refractivity contribution in [3.63, 3.8) is 0 Å². The molecule has 0 aromatic rings. The van der Waals surface area contributed by atoms with Gasteiger partial charge in [-0.15, -0.1) is 0 Å². The van der Waals surface area contributed by atoms with E-state index in [1.54, 1.807) is 32.1 Å². The summed E-state index contributed by atoms with van der Waals surface area (Å²) in [5, 5.41) is 0. The molecule has 0 aromatic heterocycles. The molecule has 0 radical (unpaired) electrons. The third kappa shape index (κ3) is 4.62. The topological polar surface area (TPSA) is 74.8 Å². The predicted molar refractivity (Wildman–Crippen MR) is 135 cm³/mol. The van der Waals surface area contributed by atoms with Gasteiger partial charge >= 0.3 is 0 Å². The minimum absolute atomic E-state index is 0.215. The van der Waals surface area contributed by atoms with Gasteiger partial charge in [0.1, 0.15) is 0 Å². The molecule has 2 saturated heterocycles. The molecule has 194 valence electrons. The number of hydrogen-bond acceptors (Lipinski definition) is 4. The second-order valence-electron chi connectivity index (χ2n) is 11.4. The van der Waals surface area contributed by atoms with Crippen LogP contribution in [0.3, 0.4) is 0 Å². The summed E-state index contributed by atoms with van der Waals surface area (Å²) in [6.07, 6.45) is 20.6. The number of nitrogens with zero attached hydrogens (tertiary/aromatic N) is 2. The molecule has 6 nitrogen and oxygen atoms in total. The van der Waals surface area contributed by atoms with Gasteiger partial charge in [-0.3, -0.25) is 29.0 Å². The third-order valence-electron chi connectivity index (χ3n) is 9.57. The summed E-state index contributed by atoms with van der Waals surface area (Å²) in [4.78, 5) is 51.3. The van der Waals surface area contributed by atoms with Crippen molar-refractivity contribution in [1.29, 1.82) is 0 Å². The number of carbonyl (C=O) groups is 4.